The molecule has 0 aliphatic carbocycles. The fourth-order valence-corrected chi connectivity index (χ4v) is 4.12. The summed E-state index contributed by atoms with van der Waals surface area (Å²) in [4.78, 5) is 7.40. The van der Waals surface area contributed by atoms with E-state index in [1.54, 1.807) is 6.07 Å². The molecule has 3 rings (SSSR count). The van der Waals surface area contributed by atoms with Crippen LogP contribution in [0.2, 0.25) is 0 Å². The highest BCUT2D eigenvalue weighted by Gasteiger charge is 2.21. The molecule has 0 saturated carbocycles. The summed E-state index contributed by atoms with van der Waals surface area (Å²) in [5.74, 6) is 1.37. The zero-order valence-corrected chi connectivity index (χ0v) is 18.6. The summed E-state index contributed by atoms with van der Waals surface area (Å²) in [6.07, 6.45) is 9.78. The minimum atomic E-state index is 0.311. The van der Waals surface area contributed by atoms with Crippen LogP contribution in [0.25, 0.3) is 5.70 Å². The third-order valence-corrected chi connectivity index (χ3v) is 5.95. The van der Waals surface area contributed by atoms with Crippen molar-refractivity contribution in [2.75, 3.05) is 13.1 Å². The van der Waals surface area contributed by atoms with Crippen LogP contribution in [0.3, 0.4) is 0 Å². The van der Waals surface area contributed by atoms with Gasteiger partial charge in [0.15, 0.2) is 0 Å². The monoisotopic (exact) mass is 404 g/mol. The molecule has 1 aliphatic rings. The van der Waals surface area contributed by atoms with Gasteiger partial charge in [-0.25, -0.2) is 4.99 Å². The van der Waals surface area contributed by atoms with Crippen LogP contribution >= 0.6 is 0 Å². The molecule has 0 amide bonds. The fourth-order valence-electron chi connectivity index (χ4n) is 4.12. The van der Waals surface area contributed by atoms with Gasteiger partial charge in [-0.2, -0.15) is 0 Å². The van der Waals surface area contributed by atoms with Crippen LogP contribution in [0, 0.1) is 0 Å². The Bertz CT molecular complexity index is 854. The number of nitrogens with zero attached hydrogens (tertiary/aromatic N) is 2. The number of hydrogen-bond acceptors (Lipinski definition) is 3. The number of hydrogen-bond donors (Lipinski definition) is 1. The van der Waals surface area contributed by atoms with E-state index in [-0.39, 0.29) is 0 Å². The number of rotatable bonds is 11. The van der Waals surface area contributed by atoms with Crippen LogP contribution in [0.5, 0.6) is 5.75 Å². The van der Waals surface area contributed by atoms with E-state index in [0.717, 1.165) is 43.0 Å². The molecule has 160 valence electrons. The van der Waals surface area contributed by atoms with E-state index in [2.05, 4.69) is 49.1 Å². The Morgan fingerprint density at radius 3 is 2.33 bits per heavy atom. The number of phenolic OH excluding ortho intramolecular Hbond substituents is 1. The van der Waals surface area contributed by atoms with Crippen LogP contribution in [-0.4, -0.2) is 28.9 Å². The summed E-state index contributed by atoms with van der Waals surface area (Å²) >= 11 is 0. The normalized spacial score (nSPS) is 14.2. The highest BCUT2D eigenvalue weighted by Crippen LogP contribution is 2.33. The van der Waals surface area contributed by atoms with Crippen molar-refractivity contribution in [2.24, 2.45) is 4.99 Å². The van der Waals surface area contributed by atoms with Gasteiger partial charge >= 0.3 is 0 Å². The number of aliphatic imine (C=N–C) groups is 1. The van der Waals surface area contributed by atoms with Crippen molar-refractivity contribution in [3.8, 4) is 5.75 Å². The Morgan fingerprint density at radius 2 is 1.57 bits per heavy atom. The summed E-state index contributed by atoms with van der Waals surface area (Å²) in [5.41, 5.74) is 4.46. The number of benzene rings is 2. The lowest BCUT2D eigenvalue weighted by molar-refractivity contribution is 0.415. The summed E-state index contributed by atoms with van der Waals surface area (Å²) in [6.45, 7) is 6.33. The van der Waals surface area contributed by atoms with Crippen LogP contribution in [0.1, 0.15) is 69.9 Å². The molecule has 2 aromatic carbocycles. The molecule has 0 spiro atoms. The maximum atomic E-state index is 10.4. The lowest BCUT2D eigenvalue weighted by Crippen LogP contribution is -2.35. The molecule has 1 aliphatic heterocycles. The van der Waals surface area contributed by atoms with E-state index in [0.29, 0.717) is 5.75 Å². The molecular weight excluding hydrogens is 368 g/mol. The van der Waals surface area contributed by atoms with E-state index >= 15 is 0 Å². The minimum Gasteiger partial charge on any atom is -0.507 e. The quantitative estimate of drug-likeness (QED) is 0.417. The smallest absolute Gasteiger partial charge is 0.124 e. The molecule has 3 heteroatoms. The van der Waals surface area contributed by atoms with Crippen molar-refractivity contribution < 1.29 is 5.11 Å². The first-order valence-electron chi connectivity index (χ1n) is 11.5. The van der Waals surface area contributed by atoms with Crippen molar-refractivity contribution in [2.45, 2.75) is 65.2 Å². The number of amidine groups is 1. The van der Waals surface area contributed by atoms with Crippen LogP contribution in [0.15, 0.2) is 65.2 Å². The van der Waals surface area contributed by atoms with Gasteiger partial charge in [-0.05, 0) is 49.5 Å². The standard InChI is InChI=1S/C27H36N2O/c1-3-4-5-6-7-13-20-29-21-24(19-18-23-14-9-8-10-15-23)27(28-22(29)2)25-16-11-12-17-26(25)30/h8-12,14-17,30H,3-7,13,18-21H2,1-2H3. The van der Waals surface area contributed by atoms with E-state index in [1.807, 2.05) is 18.2 Å². The molecule has 1 N–H and O–H groups in total. The molecule has 2 aromatic rings. The number of aryl methyl sites for hydroxylation is 1. The van der Waals surface area contributed by atoms with Gasteiger partial charge in [0.2, 0.25) is 0 Å². The Morgan fingerprint density at radius 1 is 0.867 bits per heavy atom. The first kappa shape index (κ1) is 22.1. The first-order valence-corrected chi connectivity index (χ1v) is 11.5. The topological polar surface area (TPSA) is 35.8 Å². The van der Waals surface area contributed by atoms with E-state index < -0.39 is 0 Å². The number of unbranched alkanes of at least 4 members (excludes halogenated alkanes) is 5. The van der Waals surface area contributed by atoms with Gasteiger partial charge in [-0.1, -0.05) is 81.5 Å². The molecule has 0 fully saturated rings. The molecule has 1 heterocycles. The van der Waals surface area contributed by atoms with E-state index in [1.165, 1.54) is 49.7 Å². The third-order valence-electron chi connectivity index (χ3n) is 5.95. The molecule has 0 radical (unpaired) electrons. The van der Waals surface area contributed by atoms with Gasteiger partial charge in [-0.3, -0.25) is 0 Å². The lowest BCUT2D eigenvalue weighted by atomic mass is 9.97. The fraction of sp³-hybridized carbons (Fsp3) is 0.444. The second-order valence-corrected chi connectivity index (χ2v) is 8.30. The van der Waals surface area contributed by atoms with Crippen molar-refractivity contribution in [1.82, 2.24) is 4.90 Å². The van der Waals surface area contributed by atoms with Crippen LogP contribution in [0.4, 0.5) is 0 Å². The van der Waals surface area contributed by atoms with Gasteiger partial charge in [0.1, 0.15) is 11.6 Å². The highest BCUT2D eigenvalue weighted by atomic mass is 16.3. The maximum absolute atomic E-state index is 10.4. The Balaban J connectivity index is 1.72. The third kappa shape index (κ3) is 6.22. The molecule has 0 bridgehead atoms. The van der Waals surface area contributed by atoms with Crippen molar-refractivity contribution >= 4 is 11.5 Å². The molecular formula is C27H36N2O. The minimum absolute atomic E-state index is 0.311. The zero-order chi connectivity index (χ0) is 21.2. The molecule has 0 atom stereocenters. The highest BCUT2D eigenvalue weighted by molar-refractivity contribution is 5.90. The van der Waals surface area contributed by atoms with Crippen molar-refractivity contribution in [3.05, 3.63) is 71.3 Å². The van der Waals surface area contributed by atoms with Crippen molar-refractivity contribution in [1.29, 1.82) is 0 Å². The summed E-state index contributed by atoms with van der Waals surface area (Å²) in [7, 11) is 0. The molecule has 0 aromatic heterocycles. The molecule has 0 saturated heterocycles. The van der Waals surface area contributed by atoms with Crippen molar-refractivity contribution in [3.63, 3.8) is 0 Å². The Labute approximate surface area is 182 Å². The Kier molecular flexibility index (Phi) is 8.55. The predicted octanol–water partition coefficient (Wildman–Crippen LogP) is 6.83. The van der Waals surface area contributed by atoms with Gasteiger partial charge in [0.25, 0.3) is 0 Å². The van der Waals surface area contributed by atoms with E-state index in [4.69, 9.17) is 4.99 Å². The average Bonchev–Trinajstić information content (AvgIpc) is 2.77. The summed E-state index contributed by atoms with van der Waals surface area (Å²) in [5, 5.41) is 10.4. The molecule has 30 heavy (non-hydrogen) atoms. The number of phenols is 1. The largest absolute Gasteiger partial charge is 0.507 e. The van der Waals surface area contributed by atoms with E-state index in [9.17, 15) is 5.11 Å². The molecule has 0 unspecified atom stereocenters. The summed E-state index contributed by atoms with van der Waals surface area (Å²) < 4.78 is 0. The maximum Gasteiger partial charge on any atom is 0.124 e. The first-order chi connectivity index (χ1) is 14.7. The SMILES string of the molecule is CCCCCCCCN1CC(CCc2ccccc2)=C(c2ccccc2O)N=C1C. The zero-order valence-electron chi connectivity index (χ0n) is 18.6. The predicted molar refractivity (Wildman–Crippen MR) is 128 cm³/mol. The lowest BCUT2D eigenvalue weighted by Gasteiger charge is -2.31. The van der Waals surface area contributed by atoms with Crippen LogP contribution in [-0.2, 0) is 6.42 Å². The second kappa shape index (κ2) is 11.6. The van der Waals surface area contributed by atoms with Gasteiger partial charge in [-0.15, -0.1) is 0 Å². The van der Waals surface area contributed by atoms with Gasteiger partial charge in [0.05, 0.1) is 5.70 Å². The molecule has 3 nitrogen and oxygen atoms in total. The summed E-state index contributed by atoms with van der Waals surface area (Å²) in [6, 6.07) is 18.2. The number of aromatic hydroxyl groups is 1. The van der Waals surface area contributed by atoms with Gasteiger partial charge in [0, 0.05) is 18.7 Å². The second-order valence-electron chi connectivity index (χ2n) is 8.30. The van der Waals surface area contributed by atoms with Crippen LogP contribution < -0.4 is 0 Å². The average molecular weight is 405 g/mol. The Hall–Kier alpha value is -2.55. The van der Waals surface area contributed by atoms with Gasteiger partial charge < -0.3 is 10.0 Å². The number of para-hydroxylation sites is 1.